The van der Waals surface area contributed by atoms with Gasteiger partial charge in [0.2, 0.25) is 5.13 Å². The smallest absolute Gasteiger partial charge is 0.259 e. The van der Waals surface area contributed by atoms with Crippen LogP contribution in [-0.2, 0) is 6.42 Å². The molecule has 0 fully saturated rings. The van der Waals surface area contributed by atoms with Gasteiger partial charge >= 0.3 is 0 Å². The summed E-state index contributed by atoms with van der Waals surface area (Å²) in [6.07, 6.45) is 11.6. The van der Waals surface area contributed by atoms with Crippen molar-refractivity contribution in [2.24, 2.45) is 0 Å². The Bertz CT molecular complexity index is 632. The number of anilines is 1. The number of rotatable bonds is 9. The van der Waals surface area contributed by atoms with E-state index in [0.29, 0.717) is 10.7 Å². The third kappa shape index (κ3) is 6.35. The van der Waals surface area contributed by atoms with Gasteiger partial charge in [-0.25, -0.2) is 0 Å². The number of aryl methyl sites for hydroxylation is 1. The van der Waals surface area contributed by atoms with Crippen molar-refractivity contribution in [3.63, 3.8) is 0 Å². The van der Waals surface area contributed by atoms with Crippen molar-refractivity contribution in [3.05, 3.63) is 33.5 Å². The Morgan fingerprint density at radius 3 is 2.74 bits per heavy atom. The number of carbonyl (C=O) groups excluding carboxylic acids is 1. The number of nitrogens with zero attached hydrogens (tertiary/aromatic N) is 3. The first-order chi connectivity index (χ1) is 11.2. The SMILES string of the molecule is CCCCCCCCc1nnc(NC(=O)c2cncc(Br)c2)s1. The van der Waals surface area contributed by atoms with Gasteiger partial charge in [-0.15, -0.1) is 10.2 Å². The third-order valence-corrected chi connectivity index (χ3v) is 4.73. The number of hydrogen-bond acceptors (Lipinski definition) is 5. The highest BCUT2D eigenvalue weighted by molar-refractivity contribution is 9.10. The van der Waals surface area contributed by atoms with Gasteiger partial charge in [0.1, 0.15) is 5.01 Å². The molecule has 7 heteroatoms. The summed E-state index contributed by atoms with van der Waals surface area (Å²) in [6.45, 7) is 2.22. The van der Waals surface area contributed by atoms with Crippen LogP contribution >= 0.6 is 27.3 Å². The van der Waals surface area contributed by atoms with Crippen molar-refractivity contribution in [2.75, 3.05) is 5.32 Å². The first-order valence-corrected chi connectivity index (χ1v) is 9.54. The Hall–Kier alpha value is -1.34. The monoisotopic (exact) mass is 396 g/mol. The number of carbonyl (C=O) groups is 1. The molecule has 2 aromatic heterocycles. The van der Waals surface area contributed by atoms with E-state index in [1.54, 1.807) is 12.3 Å². The lowest BCUT2D eigenvalue weighted by Gasteiger charge is -2.00. The van der Waals surface area contributed by atoms with E-state index in [4.69, 9.17) is 0 Å². The van der Waals surface area contributed by atoms with E-state index in [-0.39, 0.29) is 5.91 Å². The molecule has 2 aromatic rings. The van der Waals surface area contributed by atoms with E-state index in [1.807, 2.05) is 0 Å². The van der Waals surface area contributed by atoms with Crippen LogP contribution in [0.25, 0.3) is 0 Å². The van der Waals surface area contributed by atoms with Gasteiger partial charge in [0.05, 0.1) is 5.56 Å². The summed E-state index contributed by atoms with van der Waals surface area (Å²) < 4.78 is 0.770. The molecular weight excluding hydrogens is 376 g/mol. The summed E-state index contributed by atoms with van der Waals surface area (Å²) >= 11 is 4.75. The van der Waals surface area contributed by atoms with Gasteiger partial charge in [0, 0.05) is 23.3 Å². The molecule has 1 N–H and O–H groups in total. The van der Waals surface area contributed by atoms with Crippen LogP contribution in [-0.4, -0.2) is 21.1 Å². The minimum absolute atomic E-state index is 0.221. The summed E-state index contributed by atoms with van der Waals surface area (Å²) in [5, 5.41) is 12.5. The van der Waals surface area contributed by atoms with Crippen molar-refractivity contribution in [2.45, 2.75) is 51.9 Å². The lowest BCUT2D eigenvalue weighted by molar-refractivity contribution is 0.102. The van der Waals surface area contributed by atoms with Crippen LogP contribution in [0.2, 0.25) is 0 Å². The summed E-state index contributed by atoms with van der Waals surface area (Å²) in [6, 6.07) is 1.72. The van der Waals surface area contributed by atoms with Gasteiger partial charge in [0.25, 0.3) is 5.91 Å². The second-order valence-electron chi connectivity index (χ2n) is 5.36. The number of unbranched alkanes of at least 4 members (excludes halogenated alkanes) is 5. The predicted molar refractivity (Wildman–Crippen MR) is 96.9 cm³/mol. The summed E-state index contributed by atoms with van der Waals surface area (Å²) in [4.78, 5) is 16.1. The molecule has 0 radical (unpaired) electrons. The van der Waals surface area contributed by atoms with Crippen LogP contribution in [0.5, 0.6) is 0 Å². The van der Waals surface area contributed by atoms with Gasteiger partial charge in [-0.1, -0.05) is 50.4 Å². The van der Waals surface area contributed by atoms with Crippen LogP contribution in [0.15, 0.2) is 22.9 Å². The Kier molecular flexibility index (Phi) is 7.61. The standard InChI is InChI=1S/C16H21BrN4OS/c1-2-3-4-5-6-7-8-14-20-21-16(23-14)19-15(22)12-9-13(17)11-18-10-12/h9-11H,2-8H2,1H3,(H,19,21,22). The molecule has 0 atom stereocenters. The number of amides is 1. The lowest BCUT2D eigenvalue weighted by Crippen LogP contribution is -2.11. The zero-order chi connectivity index (χ0) is 16.5. The molecule has 0 spiro atoms. The maximum absolute atomic E-state index is 12.1. The van der Waals surface area contributed by atoms with Crippen molar-refractivity contribution in [1.82, 2.24) is 15.2 Å². The van der Waals surface area contributed by atoms with Crippen LogP contribution in [0.4, 0.5) is 5.13 Å². The normalized spacial score (nSPS) is 10.7. The molecule has 5 nitrogen and oxygen atoms in total. The van der Waals surface area contributed by atoms with Gasteiger partial charge in [-0.2, -0.15) is 0 Å². The number of hydrogen-bond donors (Lipinski definition) is 1. The molecule has 2 rings (SSSR count). The first kappa shape index (κ1) is 18.0. The first-order valence-electron chi connectivity index (χ1n) is 7.93. The molecule has 0 saturated carbocycles. The van der Waals surface area contributed by atoms with E-state index in [0.717, 1.165) is 22.3 Å². The van der Waals surface area contributed by atoms with E-state index in [1.165, 1.54) is 49.6 Å². The average Bonchev–Trinajstić information content (AvgIpc) is 2.98. The highest BCUT2D eigenvalue weighted by Crippen LogP contribution is 2.19. The fourth-order valence-corrected chi connectivity index (χ4v) is 3.31. The number of aromatic nitrogens is 3. The minimum atomic E-state index is -0.221. The van der Waals surface area contributed by atoms with Gasteiger partial charge in [-0.3, -0.25) is 15.1 Å². The molecule has 23 heavy (non-hydrogen) atoms. The van der Waals surface area contributed by atoms with Crippen LogP contribution in [0.1, 0.15) is 60.8 Å². The predicted octanol–water partition coefficient (Wildman–Crippen LogP) is 4.85. The third-order valence-electron chi connectivity index (χ3n) is 3.40. The molecule has 0 saturated heterocycles. The average molecular weight is 397 g/mol. The van der Waals surface area contributed by atoms with Crippen LogP contribution in [0.3, 0.4) is 0 Å². The largest absolute Gasteiger partial charge is 0.296 e. The van der Waals surface area contributed by atoms with Gasteiger partial charge in [0.15, 0.2) is 0 Å². The fraction of sp³-hybridized carbons (Fsp3) is 0.500. The van der Waals surface area contributed by atoms with E-state index in [9.17, 15) is 4.79 Å². The summed E-state index contributed by atoms with van der Waals surface area (Å²) in [7, 11) is 0. The Labute approximate surface area is 149 Å². The molecule has 0 aliphatic heterocycles. The van der Waals surface area contributed by atoms with E-state index < -0.39 is 0 Å². The molecule has 124 valence electrons. The van der Waals surface area contributed by atoms with Crippen molar-refractivity contribution in [3.8, 4) is 0 Å². The maximum atomic E-state index is 12.1. The van der Waals surface area contributed by atoms with E-state index in [2.05, 4.69) is 43.4 Å². The fourth-order valence-electron chi connectivity index (χ4n) is 2.17. The van der Waals surface area contributed by atoms with Crippen molar-refractivity contribution in [1.29, 1.82) is 0 Å². The van der Waals surface area contributed by atoms with E-state index >= 15 is 0 Å². The van der Waals surface area contributed by atoms with Crippen molar-refractivity contribution >= 4 is 38.3 Å². The molecular formula is C16H21BrN4OS. The van der Waals surface area contributed by atoms with Crippen LogP contribution < -0.4 is 5.32 Å². The van der Waals surface area contributed by atoms with Gasteiger partial charge in [-0.05, 0) is 28.4 Å². The Morgan fingerprint density at radius 2 is 1.96 bits per heavy atom. The highest BCUT2D eigenvalue weighted by Gasteiger charge is 2.10. The lowest BCUT2D eigenvalue weighted by atomic mass is 10.1. The number of pyridine rings is 1. The zero-order valence-electron chi connectivity index (χ0n) is 13.2. The molecule has 0 aliphatic rings. The molecule has 0 aromatic carbocycles. The topological polar surface area (TPSA) is 67.8 Å². The quantitative estimate of drug-likeness (QED) is 0.614. The zero-order valence-corrected chi connectivity index (χ0v) is 15.6. The second kappa shape index (κ2) is 9.72. The minimum Gasteiger partial charge on any atom is -0.296 e. The highest BCUT2D eigenvalue weighted by atomic mass is 79.9. The Morgan fingerprint density at radius 1 is 1.17 bits per heavy atom. The summed E-state index contributed by atoms with van der Waals surface area (Å²) in [5.41, 5.74) is 0.493. The van der Waals surface area contributed by atoms with Gasteiger partial charge < -0.3 is 0 Å². The number of halogens is 1. The molecule has 1 amide bonds. The molecule has 0 unspecified atom stereocenters. The van der Waals surface area contributed by atoms with Crippen LogP contribution in [0, 0.1) is 0 Å². The second-order valence-corrected chi connectivity index (χ2v) is 7.34. The Balaban J connectivity index is 1.77. The summed E-state index contributed by atoms with van der Waals surface area (Å²) in [5.74, 6) is -0.221. The van der Waals surface area contributed by atoms with Crippen molar-refractivity contribution < 1.29 is 4.79 Å². The number of nitrogens with one attached hydrogen (secondary N) is 1. The molecule has 0 aliphatic carbocycles. The molecule has 2 heterocycles. The molecule has 0 bridgehead atoms. The maximum Gasteiger partial charge on any atom is 0.259 e.